The van der Waals surface area contributed by atoms with Crippen LogP contribution in [0.5, 0.6) is 0 Å². The van der Waals surface area contributed by atoms with E-state index in [4.69, 9.17) is 11.5 Å². The zero-order valence-corrected chi connectivity index (χ0v) is 15.0. The minimum Gasteiger partial charge on any atom is -0.398 e. The Morgan fingerprint density at radius 2 is 1.09 bits per heavy atom. The molecule has 23 heavy (non-hydrogen) atoms. The van der Waals surface area contributed by atoms with E-state index in [0.717, 1.165) is 43.5 Å². The first-order valence-electron chi connectivity index (χ1n) is 8.72. The summed E-state index contributed by atoms with van der Waals surface area (Å²) in [6, 6.07) is 9.02. The molecule has 0 saturated heterocycles. The van der Waals surface area contributed by atoms with E-state index in [1.807, 2.05) is 0 Å². The highest BCUT2D eigenvalue weighted by Crippen LogP contribution is 2.23. The first-order chi connectivity index (χ1) is 11.0. The van der Waals surface area contributed by atoms with Gasteiger partial charge in [-0.3, -0.25) is 0 Å². The van der Waals surface area contributed by atoms with Crippen LogP contribution in [0.3, 0.4) is 0 Å². The van der Waals surface area contributed by atoms with E-state index in [1.165, 1.54) is 33.4 Å². The molecular weight excluding hydrogens is 280 g/mol. The third-order valence-electron chi connectivity index (χ3n) is 4.76. The number of hydrogen-bond acceptors (Lipinski definition) is 2. The van der Waals surface area contributed by atoms with Gasteiger partial charge in [0.25, 0.3) is 0 Å². The molecule has 0 saturated carbocycles. The number of aryl methyl sites for hydroxylation is 6. The molecule has 4 N–H and O–H groups in total. The van der Waals surface area contributed by atoms with Crippen molar-refractivity contribution >= 4 is 11.4 Å². The van der Waals surface area contributed by atoms with E-state index < -0.39 is 0 Å². The molecule has 2 aromatic carbocycles. The molecule has 2 heteroatoms. The smallest absolute Gasteiger partial charge is 0.0376 e. The van der Waals surface area contributed by atoms with Gasteiger partial charge in [-0.05, 0) is 79.3 Å². The molecule has 124 valence electrons. The van der Waals surface area contributed by atoms with Crippen molar-refractivity contribution in [2.45, 2.75) is 59.8 Å². The number of rotatable bonds is 6. The van der Waals surface area contributed by atoms with E-state index in [9.17, 15) is 0 Å². The van der Waals surface area contributed by atoms with Crippen LogP contribution in [0.15, 0.2) is 24.3 Å². The van der Waals surface area contributed by atoms with Gasteiger partial charge in [0.15, 0.2) is 0 Å². The van der Waals surface area contributed by atoms with Gasteiger partial charge in [0.05, 0.1) is 0 Å². The molecule has 0 fully saturated rings. The van der Waals surface area contributed by atoms with Crippen LogP contribution >= 0.6 is 0 Å². The summed E-state index contributed by atoms with van der Waals surface area (Å²) < 4.78 is 0. The highest BCUT2D eigenvalue weighted by atomic mass is 14.6. The fourth-order valence-electron chi connectivity index (χ4n) is 3.27. The van der Waals surface area contributed by atoms with E-state index in [1.54, 1.807) is 0 Å². The van der Waals surface area contributed by atoms with Gasteiger partial charge in [-0.2, -0.15) is 0 Å². The SMILES string of the molecule is CCc1cc(CCCc2cc(C)c(N)c(CC)c2)cc(C)c1N. The molecule has 0 aliphatic heterocycles. The van der Waals surface area contributed by atoms with Crippen LogP contribution in [0, 0.1) is 13.8 Å². The molecule has 0 amide bonds. The molecule has 2 aromatic rings. The molecule has 0 aliphatic rings. The monoisotopic (exact) mass is 310 g/mol. The van der Waals surface area contributed by atoms with Gasteiger partial charge in [-0.1, -0.05) is 38.1 Å². The Bertz CT molecular complexity index is 627. The van der Waals surface area contributed by atoms with Crippen LogP contribution in [0.4, 0.5) is 11.4 Å². The number of nitrogen functional groups attached to an aromatic ring is 2. The van der Waals surface area contributed by atoms with Gasteiger partial charge in [0.1, 0.15) is 0 Å². The maximum Gasteiger partial charge on any atom is 0.0376 e. The van der Waals surface area contributed by atoms with Crippen molar-refractivity contribution in [1.82, 2.24) is 0 Å². The van der Waals surface area contributed by atoms with Crippen LogP contribution in [0.25, 0.3) is 0 Å². The maximum absolute atomic E-state index is 6.13. The molecule has 0 heterocycles. The van der Waals surface area contributed by atoms with Crippen LogP contribution in [0.1, 0.15) is 53.6 Å². The summed E-state index contributed by atoms with van der Waals surface area (Å²) in [6.07, 6.45) is 5.34. The lowest BCUT2D eigenvalue weighted by Crippen LogP contribution is -2.01. The summed E-state index contributed by atoms with van der Waals surface area (Å²) in [5, 5.41) is 0. The normalized spacial score (nSPS) is 11.0. The Hall–Kier alpha value is -1.96. The second kappa shape index (κ2) is 7.54. The molecule has 0 aliphatic carbocycles. The van der Waals surface area contributed by atoms with Crippen LogP contribution in [-0.2, 0) is 25.7 Å². The Balaban J connectivity index is 2.06. The highest BCUT2D eigenvalue weighted by Gasteiger charge is 2.06. The lowest BCUT2D eigenvalue weighted by atomic mass is 9.96. The third-order valence-corrected chi connectivity index (χ3v) is 4.76. The summed E-state index contributed by atoms with van der Waals surface area (Å²) in [4.78, 5) is 0. The van der Waals surface area contributed by atoms with E-state index in [0.29, 0.717) is 0 Å². The second-order valence-corrected chi connectivity index (χ2v) is 6.53. The molecule has 0 bridgehead atoms. The average molecular weight is 310 g/mol. The summed E-state index contributed by atoms with van der Waals surface area (Å²) in [7, 11) is 0. The number of hydrogen-bond donors (Lipinski definition) is 2. The lowest BCUT2D eigenvalue weighted by Gasteiger charge is -2.12. The Labute approximate surface area is 140 Å². The van der Waals surface area contributed by atoms with Crippen molar-refractivity contribution in [3.8, 4) is 0 Å². The van der Waals surface area contributed by atoms with Crippen molar-refractivity contribution in [2.75, 3.05) is 11.5 Å². The third kappa shape index (κ3) is 4.07. The van der Waals surface area contributed by atoms with Crippen molar-refractivity contribution in [2.24, 2.45) is 0 Å². The fourth-order valence-corrected chi connectivity index (χ4v) is 3.27. The van der Waals surface area contributed by atoms with Gasteiger partial charge < -0.3 is 11.5 Å². The standard InChI is InChI=1S/C21H30N2/c1-5-18-12-16(10-14(3)20(18)22)8-7-9-17-11-15(4)21(23)19(6-2)13-17/h10-13H,5-9,22-23H2,1-4H3. The van der Waals surface area contributed by atoms with Crippen LogP contribution < -0.4 is 11.5 Å². The van der Waals surface area contributed by atoms with E-state index >= 15 is 0 Å². The predicted molar refractivity (Wildman–Crippen MR) is 102 cm³/mol. The molecule has 0 aromatic heterocycles. The zero-order chi connectivity index (χ0) is 17.0. The van der Waals surface area contributed by atoms with Gasteiger partial charge in [0, 0.05) is 11.4 Å². The number of benzene rings is 2. The number of anilines is 2. The minimum absolute atomic E-state index is 0.956. The zero-order valence-electron chi connectivity index (χ0n) is 15.0. The topological polar surface area (TPSA) is 52.0 Å². The van der Waals surface area contributed by atoms with Crippen molar-refractivity contribution in [1.29, 1.82) is 0 Å². The van der Waals surface area contributed by atoms with Crippen LogP contribution in [0.2, 0.25) is 0 Å². The molecular formula is C21H30N2. The van der Waals surface area contributed by atoms with Crippen molar-refractivity contribution in [3.05, 3.63) is 57.6 Å². The summed E-state index contributed by atoms with van der Waals surface area (Å²) in [5.74, 6) is 0. The van der Waals surface area contributed by atoms with Crippen LogP contribution in [-0.4, -0.2) is 0 Å². The first-order valence-corrected chi connectivity index (χ1v) is 8.72. The predicted octanol–water partition coefficient (Wildman–Crippen LogP) is 4.77. The first kappa shape index (κ1) is 17.4. The van der Waals surface area contributed by atoms with Crippen molar-refractivity contribution < 1.29 is 0 Å². The van der Waals surface area contributed by atoms with Gasteiger partial charge >= 0.3 is 0 Å². The van der Waals surface area contributed by atoms with Gasteiger partial charge in [-0.15, -0.1) is 0 Å². The summed E-state index contributed by atoms with van der Waals surface area (Å²) in [6.45, 7) is 8.54. The fraction of sp³-hybridized carbons (Fsp3) is 0.429. The largest absolute Gasteiger partial charge is 0.398 e. The van der Waals surface area contributed by atoms with Gasteiger partial charge in [-0.25, -0.2) is 0 Å². The molecule has 2 rings (SSSR count). The molecule has 0 radical (unpaired) electrons. The molecule has 0 atom stereocenters. The Morgan fingerprint density at radius 3 is 1.43 bits per heavy atom. The average Bonchev–Trinajstić information content (AvgIpc) is 2.53. The quantitative estimate of drug-likeness (QED) is 0.755. The highest BCUT2D eigenvalue weighted by molar-refractivity contribution is 5.56. The molecule has 0 unspecified atom stereocenters. The Morgan fingerprint density at radius 1 is 0.696 bits per heavy atom. The maximum atomic E-state index is 6.13. The minimum atomic E-state index is 0.956. The van der Waals surface area contributed by atoms with E-state index in [-0.39, 0.29) is 0 Å². The summed E-state index contributed by atoms with van der Waals surface area (Å²) >= 11 is 0. The molecule has 2 nitrogen and oxygen atoms in total. The second-order valence-electron chi connectivity index (χ2n) is 6.53. The molecule has 0 spiro atoms. The van der Waals surface area contributed by atoms with Crippen molar-refractivity contribution in [3.63, 3.8) is 0 Å². The summed E-state index contributed by atoms with van der Waals surface area (Å²) in [5.41, 5.74) is 21.9. The Kier molecular flexibility index (Phi) is 5.70. The lowest BCUT2D eigenvalue weighted by molar-refractivity contribution is 0.816. The number of nitrogens with two attached hydrogens (primary N) is 2. The van der Waals surface area contributed by atoms with Gasteiger partial charge in [0.2, 0.25) is 0 Å². The van der Waals surface area contributed by atoms with E-state index in [2.05, 4.69) is 52.0 Å².